The minimum absolute atomic E-state index is 0.0663. The van der Waals surface area contributed by atoms with Gasteiger partial charge in [0.05, 0.1) is 6.61 Å². The predicted molar refractivity (Wildman–Crippen MR) is 80.2 cm³/mol. The molecule has 0 atom stereocenters. The number of thiazole rings is 1. The first-order valence-corrected chi connectivity index (χ1v) is 7.02. The molecule has 0 spiro atoms. The third-order valence-electron chi connectivity index (χ3n) is 2.91. The van der Waals surface area contributed by atoms with Gasteiger partial charge in [-0.2, -0.15) is 9.38 Å². The molecular formula is C13H12N4O3S. The minimum Gasteiger partial charge on any atom is -0.380 e. The smallest absolute Gasteiger partial charge is 0.373 e. The van der Waals surface area contributed by atoms with Crippen molar-refractivity contribution < 1.29 is 9.66 Å². The molecule has 0 fully saturated rings. The number of hydrogen-bond acceptors (Lipinski definition) is 6. The molecule has 2 heterocycles. The number of aromatic nitrogens is 2. The summed E-state index contributed by atoms with van der Waals surface area (Å²) in [4.78, 5) is 15.7. The van der Waals surface area contributed by atoms with Gasteiger partial charge in [0.1, 0.15) is 6.20 Å². The van der Waals surface area contributed by atoms with Gasteiger partial charge in [0.2, 0.25) is 5.82 Å². The molecule has 0 aliphatic carbocycles. The lowest BCUT2D eigenvalue weighted by Crippen LogP contribution is -1.98. The van der Waals surface area contributed by atoms with Crippen LogP contribution in [0.1, 0.15) is 5.56 Å². The molecule has 3 aromatic rings. The summed E-state index contributed by atoms with van der Waals surface area (Å²) in [5.41, 5.74) is 1.71. The van der Waals surface area contributed by atoms with Crippen molar-refractivity contribution in [2.45, 2.75) is 6.61 Å². The zero-order valence-electron chi connectivity index (χ0n) is 11.1. The van der Waals surface area contributed by atoms with E-state index in [1.54, 1.807) is 18.7 Å². The topological polar surface area (TPSA) is 81.7 Å². The van der Waals surface area contributed by atoms with E-state index in [0.717, 1.165) is 11.3 Å². The van der Waals surface area contributed by atoms with Crippen molar-refractivity contribution >= 4 is 33.6 Å². The Morgan fingerprint density at radius 2 is 2.38 bits per heavy atom. The van der Waals surface area contributed by atoms with Crippen LogP contribution in [0.15, 0.2) is 35.8 Å². The zero-order chi connectivity index (χ0) is 14.8. The number of fused-ring (bicyclic) bond motifs is 1. The summed E-state index contributed by atoms with van der Waals surface area (Å²) in [5.74, 6) is 0.171. The Labute approximate surface area is 124 Å². The van der Waals surface area contributed by atoms with Gasteiger partial charge in [-0.25, -0.2) is 0 Å². The first-order valence-electron chi connectivity index (χ1n) is 6.14. The molecular weight excluding hydrogens is 292 g/mol. The third kappa shape index (κ3) is 2.58. The summed E-state index contributed by atoms with van der Waals surface area (Å²) in [6.45, 7) is 0.482. The summed E-state index contributed by atoms with van der Waals surface area (Å²) in [6.07, 6.45) is 1.64. The molecule has 0 amide bonds. The highest BCUT2D eigenvalue weighted by molar-refractivity contribution is 7.15. The van der Waals surface area contributed by atoms with Gasteiger partial charge in [0, 0.05) is 18.2 Å². The molecule has 1 N–H and O–H groups in total. The lowest BCUT2D eigenvalue weighted by atomic mass is 10.2. The van der Waals surface area contributed by atoms with Crippen LogP contribution >= 0.6 is 11.3 Å². The molecule has 0 aliphatic heterocycles. The van der Waals surface area contributed by atoms with Gasteiger partial charge in [0.15, 0.2) is 0 Å². The molecule has 0 bridgehead atoms. The number of benzene rings is 1. The van der Waals surface area contributed by atoms with Crippen LogP contribution in [0.3, 0.4) is 0 Å². The second-order valence-corrected chi connectivity index (χ2v) is 5.23. The lowest BCUT2D eigenvalue weighted by molar-refractivity contribution is -0.389. The first-order chi connectivity index (χ1) is 10.2. The molecule has 21 heavy (non-hydrogen) atoms. The van der Waals surface area contributed by atoms with E-state index < -0.39 is 4.92 Å². The van der Waals surface area contributed by atoms with Crippen molar-refractivity contribution in [3.8, 4) is 0 Å². The molecule has 0 saturated carbocycles. The van der Waals surface area contributed by atoms with Crippen molar-refractivity contribution in [1.82, 2.24) is 9.38 Å². The molecule has 0 saturated heterocycles. The SMILES string of the molecule is COCc1cccc(Nc2nc3sccn3c2[N+](=O)[O-])c1. The highest BCUT2D eigenvalue weighted by Gasteiger charge is 2.23. The fourth-order valence-electron chi connectivity index (χ4n) is 2.07. The molecule has 3 rings (SSSR count). The first kappa shape index (κ1) is 13.5. The number of ether oxygens (including phenoxy) is 1. The molecule has 0 radical (unpaired) electrons. The van der Waals surface area contributed by atoms with E-state index in [9.17, 15) is 10.1 Å². The molecule has 1 aromatic carbocycles. The van der Waals surface area contributed by atoms with E-state index in [1.165, 1.54) is 15.7 Å². The average molecular weight is 304 g/mol. The summed E-state index contributed by atoms with van der Waals surface area (Å²) in [6, 6.07) is 7.49. The van der Waals surface area contributed by atoms with Crippen molar-refractivity contribution in [2.75, 3.05) is 12.4 Å². The Hall–Kier alpha value is -2.45. The molecule has 0 unspecified atom stereocenters. The number of methoxy groups -OCH3 is 1. The Bertz CT molecular complexity index is 796. The summed E-state index contributed by atoms with van der Waals surface area (Å²) < 4.78 is 6.54. The van der Waals surface area contributed by atoms with E-state index in [1.807, 2.05) is 24.3 Å². The Morgan fingerprint density at radius 3 is 3.14 bits per heavy atom. The van der Waals surface area contributed by atoms with Crippen LogP contribution in [-0.2, 0) is 11.3 Å². The van der Waals surface area contributed by atoms with Crippen molar-refractivity contribution in [3.05, 3.63) is 51.5 Å². The van der Waals surface area contributed by atoms with Crippen molar-refractivity contribution in [1.29, 1.82) is 0 Å². The van der Waals surface area contributed by atoms with Crippen molar-refractivity contribution in [2.24, 2.45) is 0 Å². The van der Waals surface area contributed by atoms with Crippen LogP contribution in [0.5, 0.6) is 0 Å². The van der Waals surface area contributed by atoms with Crippen molar-refractivity contribution in [3.63, 3.8) is 0 Å². The van der Waals surface area contributed by atoms with E-state index in [0.29, 0.717) is 11.6 Å². The highest BCUT2D eigenvalue weighted by atomic mass is 32.1. The van der Waals surface area contributed by atoms with Gasteiger partial charge in [-0.15, -0.1) is 0 Å². The summed E-state index contributed by atoms with van der Waals surface area (Å²) in [5, 5.41) is 16.0. The molecule has 7 nitrogen and oxygen atoms in total. The molecule has 0 aliphatic rings. The second-order valence-electron chi connectivity index (χ2n) is 4.36. The van der Waals surface area contributed by atoms with E-state index in [-0.39, 0.29) is 11.6 Å². The van der Waals surface area contributed by atoms with Gasteiger partial charge >= 0.3 is 5.82 Å². The summed E-state index contributed by atoms with van der Waals surface area (Å²) >= 11 is 1.35. The Kier molecular flexibility index (Phi) is 3.55. The van der Waals surface area contributed by atoms with Crippen LogP contribution in [0, 0.1) is 10.1 Å². The zero-order valence-corrected chi connectivity index (χ0v) is 12.0. The monoisotopic (exact) mass is 304 g/mol. The number of hydrogen-bond donors (Lipinski definition) is 1. The minimum atomic E-state index is -0.436. The number of rotatable bonds is 5. The molecule has 8 heteroatoms. The van der Waals surface area contributed by atoms with Crippen LogP contribution in [0.4, 0.5) is 17.3 Å². The Balaban J connectivity index is 1.97. The van der Waals surface area contributed by atoms with Crippen LogP contribution in [0.2, 0.25) is 0 Å². The third-order valence-corrected chi connectivity index (χ3v) is 3.67. The van der Waals surface area contributed by atoms with E-state index in [4.69, 9.17) is 4.74 Å². The maximum absolute atomic E-state index is 11.2. The summed E-state index contributed by atoms with van der Waals surface area (Å²) in [7, 11) is 1.62. The highest BCUT2D eigenvalue weighted by Crippen LogP contribution is 2.30. The number of nitrogens with one attached hydrogen (secondary N) is 1. The van der Waals surface area contributed by atoms with E-state index >= 15 is 0 Å². The quantitative estimate of drug-likeness (QED) is 0.578. The van der Waals surface area contributed by atoms with Gasteiger partial charge in [-0.3, -0.25) is 0 Å². The van der Waals surface area contributed by atoms with Gasteiger partial charge in [-0.05, 0) is 22.6 Å². The maximum atomic E-state index is 11.2. The predicted octanol–water partition coefficient (Wildman–Crippen LogP) is 3.19. The maximum Gasteiger partial charge on any atom is 0.373 e. The molecule has 2 aromatic heterocycles. The van der Waals surface area contributed by atoms with E-state index in [2.05, 4.69) is 10.3 Å². The number of imidazole rings is 1. The van der Waals surface area contributed by atoms with Crippen LogP contribution < -0.4 is 5.32 Å². The lowest BCUT2D eigenvalue weighted by Gasteiger charge is -2.06. The number of anilines is 2. The number of nitrogens with zero attached hydrogens (tertiary/aromatic N) is 3. The van der Waals surface area contributed by atoms with Gasteiger partial charge in [-0.1, -0.05) is 23.5 Å². The normalized spacial score (nSPS) is 10.9. The van der Waals surface area contributed by atoms with Gasteiger partial charge in [0.25, 0.3) is 4.96 Å². The van der Waals surface area contributed by atoms with Crippen LogP contribution in [0.25, 0.3) is 4.96 Å². The second kappa shape index (κ2) is 5.51. The molecule has 108 valence electrons. The largest absolute Gasteiger partial charge is 0.380 e. The fourth-order valence-corrected chi connectivity index (χ4v) is 2.78. The van der Waals surface area contributed by atoms with Gasteiger partial charge < -0.3 is 20.2 Å². The Morgan fingerprint density at radius 1 is 1.52 bits per heavy atom. The fraction of sp³-hybridized carbons (Fsp3) is 0.154. The number of nitro groups is 1. The van der Waals surface area contributed by atoms with Crippen LogP contribution in [-0.4, -0.2) is 21.4 Å². The average Bonchev–Trinajstić information content (AvgIpc) is 2.99. The standard InChI is InChI=1S/C13H12N4O3S/c1-20-8-9-3-2-4-10(7-9)14-11-12(17(18)19)16-5-6-21-13(16)15-11/h2-7,14H,8H2,1H3.